The summed E-state index contributed by atoms with van der Waals surface area (Å²) in [5.74, 6) is 1.37. The minimum atomic E-state index is 0. The van der Waals surface area contributed by atoms with E-state index in [1.165, 1.54) is 24.9 Å². The number of nitrogens with one attached hydrogen (secondary N) is 2. The first-order chi connectivity index (χ1) is 13.3. The smallest absolute Gasteiger partial charge is 0.191 e. The summed E-state index contributed by atoms with van der Waals surface area (Å²) in [5, 5.41) is 16.2. The minimum Gasteiger partial charge on any atom is -0.396 e. The number of aliphatic hydroxyl groups excluding tert-OH is 1. The SMILES string of the molecule is CCCC(CCO)CN=C(NCC)NCC1CCCN1Cc1ccccc1.I. The lowest BCUT2D eigenvalue weighted by molar-refractivity contribution is 0.245. The van der Waals surface area contributed by atoms with Crippen molar-refractivity contribution in [2.45, 2.75) is 58.5 Å². The normalized spacial score (nSPS) is 18.5. The first-order valence-corrected chi connectivity index (χ1v) is 10.7. The van der Waals surface area contributed by atoms with Crippen molar-refractivity contribution in [1.29, 1.82) is 0 Å². The van der Waals surface area contributed by atoms with Gasteiger partial charge in [-0.3, -0.25) is 9.89 Å². The number of guanidine groups is 1. The number of aliphatic imine (C=N–C) groups is 1. The Morgan fingerprint density at radius 2 is 2.00 bits per heavy atom. The van der Waals surface area contributed by atoms with Gasteiger partial charge in [0.25, 0.3) is 0 Å². The van der Waals surface area contributed by atoms with Gasteiger partial charge in [0.1, 0.15) is 0 Å². The molecule has 5 nitrogen and oxygen atoms in total. The van der Waals surface area contributed by atoms with Crippen LogP contribution in [0.25, 0.3) is 0 Å². The number of halogens is 1. The van der Waals surface area contributed by atoms with Crippen molar-refractivity contribution in [3.63, 3.8) is 0 Å². The van der Waals surface area contributed by atoms with E-state index in [-0.39, 0.29) is 30.6 Å². The van der Waals surface area contributed by atoms with Crippen molar-refractivity contribution < 1.29 is 5.11 Å². The van der Waals surface area contributed by atoms with E-state index in [1.54, 1.807) is 0 Å². The molecule has 0 aromatic heterocycles. The number of hydrogen-bond donors (Lipinski definition) is 3. The maximum absolute atomic E-state index is 9.24. The van der Waals surface area contributed by atoms with Crippen LogP contribution >= 0.6 is 24.0 Å². The second kappa shape index (κ2) is 15.0. The monoisotopic (exact) mass is 502 g/mol. The fraction of sp³-hybridized carbons (Fsp3) is 0.682. The number of likely N-dealkylation sites (tertiary alicyclic amines) is 1. The molecule has 1 fully saturated rings. The highest BCUT2D eigenvalue weighted by atomic mass is 127. The highest BCUT2D eigenvalue weighted by Gasteiger charge is 2.24. The molecular formula is C22H39IN4O. The molecule has 6 heteroatoms. The summed E-state index contributed by atoms with van der Waals surface area (Å²) < 4.78 is 0. The third-order valence-corrected chi connectivity index (χ3v) is 5.32. The van der Waals surface area contributed by atoms with E-state index in [2.05, 4.69) is 59.7 Å². The Hall–Kier alpha value is -0.860. The Morgan fingerprint density at radius 1 is 1.21 bits per heavy atom. The van der Waals surface area contributed by atoms with E-state index >= 15 is 0 Å². The molecule has 1 aliphatic rings. The van der Waals surface area contributed by atoms with E-state index in [0.29, 0.717) is 12.0 Å². The number of nitrogens with zero attached hydrogens (tertiary/aromatic N) is 2. The number of rotatable bonds is 11. The van der Waals surface area contributed by atoms with Crippen LogP contribution < -0.4 is 10.6 Å². The second-order valence-corrected chi connectivity index (χ2v) is 7.52. The van der Waals surface area contributed by atoms with Gasteiger partial charge in [-0.1, -0.05) is 43.7 Å². The predicted octanol–water partition coefficient (Wildman–Crippen LogP) is 3.62. The number of hydrogen-bond acceptors (Lipinski definition) is 3. The number of benzene rings is 1. The zero-order valence-corrected chi connectivity index (χ0v) is 19.9. The summed E-state index contributed by atoms with van der Waals surface area (Å²) in [4.78, 5) is 7.37. The predicted molar refractivity (Wildman–Crippen MR) is 129 cm³/mol. The van der Waals surface area contributed by atoms with Crippen molar-refractivity contribution in [3.8, 4) is 0 Å². The molecule has 0 radical (unpaired) electrons. The molecule has 1 heterocycles. The Morgan fingerprint density at radius 3 is 2.68 bits per heavy atom. The maximum Gasteiger partial charge on any atom is 0.191 e. The molecule has 1 aromatic rings. The lowest BCUT2D eigenvalue weighted by Gasteiger charge is -2.25. The van der Waals surface area contributed by atoms with Gasteiger partial charge < -0.3 is 15.7 Å². The van der Waals surface area contributed by atoms with Crippen LogP contribution in [-0.2, 0) is 6.54 Å². The third kappa shape index (κ3) is 9.09. The van der Waals surface area contributed by atoms with Crippen LogP contribution in [0.5, 0.6) is 0 Å². The fourth-order valence-electron chi connectivity index (χ4n) is 3.85. The van der Waals surface area contributed by atoms with Gasteiger partial charge in [0.05, 0.1) is 0 Å². The average Bonchev–Trinajstić information content (AvgIpc) is 3.12. The first kappa shape index (κ1) is 25.2. The van der Waals surface area contributed by atoms with Crippen LogP contribution in [0.3, 0.4) is 0 Å². The largest absolute Gasteiger partial charge is 0.396 e. The van der Waals surface area contributed by atoms with E-state index < -0.39 is 0 Å². The molecule has 0 bridgehead atoms. The van der Waals surface area contributed by atoms with Crippen LogP contribution in [0, 0.1) is 5.92 Å². The van der Waals surface area contributed by atoms with Gasteiger partial charge in [-0.05, 0) is 50.6 Å². The highest BCUT2D eigenvalue weighted by Crippen LogP contribution is 2.19. The summed E-state index contributed by atoms with van der Waals surface area (Å²) in [6.07, 6.45) is 5.60. The maximum atomic E-state index is 9.24. The molecule has 1 aliphatic heterocycles. The average molecular weight is 502 g/mol. The van der Waals surface area contributed by atoms with Crippen LogP contribution in [0.4, 0.5) is 0 Å². The number of aliphatic hydroxyl groups is 1. The second-order valence-electron chi connectivity index (χ2n) is 7.52. The molecular weight excluding hydrogens is 463 g/mol. The third-order valence-electron chi connectivity index (χ3n) is 5.32. The Balaban J connectivity index is 0.00000392. The van der Waals surface area contributed by atoms with Gasteiger partial charge in [0.15, 0.2) is 5.96 Å². The summed E-state index contributed by atoms with van der Waals surface area (Å²) in [6, 6.07) is 11.3. The molecule has 2 rings (SSSR count). The summed E-state index contributed by atoms with van der Waals surface area (Å²) in [6.45, 7) is 9.31. The lowest BCUT2D eigenvalue weighted by atomic mass is 10.0. The highest BCUT2D eigenvalue weighted by molar-refractivity contribution is 14.0. The molecule has 0 saturated carbocycles. The van der Waals surface area contributed by atoms with Crippen LogP contribution in [0.15, 0.2) is 35.3 Å². The van der Waals surface area contributed by atoms with Gasteiger partial charge in [-0.25, -0.2) is 0 Å². The van der Waals surface area contributed by atoms with Crippen LogP contribution in [0.1, 0.15) is 51.5 Å². The van der Waals surface area contributed by atoms with Crippen molar-refractivity contribution in [1.82, 2.24) is 15.5 Å². The van der Waals surface area contributed by atoms with Crippen molar-refractivity contribution >= 4 is 29.9 Å². The van der Waals surface area contributed by atoms with Crippen molar-refractivity contribution in [2.24, 2.45) is 10.9 Å². The molecule has 28 heavy (non-hydrogen) atoms. The standard InChI is InChI=1S/C22H38N4O.HI/c1-3-9-19(13-15-27)16-24-22(23-4-2)25-17-21-12-8-14-26(21)18-20-10-6-5-7-11-20;/h5-7,10-11,19,21,27H,3-4,8-9,12-18H2,1-2H3,(H2,23,24,25);1H. The van der Waals surface area contributed by atoms with Gasteiger partial charge >= 0.3 is 0 Å². The zero-order valence-electron chi connectivity index (χ0n) is 17.6. The molecule has 1 saturated heterocycles. The van der Waals surface area contributed by atoms with Gasteiger partial charge in [0.2, 0.25) is 0 Å². The molecule has 2 unspecified atom stereocenters. The van der Waals surface area contributed by atoms with Gasteiger partial charge in [-0.15, -0.1) is 24.0 Å². The van der Waals surface area contributed by atoms with Gasteiger partial charge in [0, 0.05) is 38.8 Å². The van der Waals surface area contributed by atoms with Crippen LogP contribution in [-0.4, -0.2) is 54.8 Å². The topological polar surface area (TPSA) is 59.9 Å². The van der Waals surface area contributed by atoms with E-state index in [0.717, 1.165) is 51.4 Å². The molecule has 1 aromatic carbocycles. The summed E-state index contributed by atoms with van der Waals surface area (Å²) in [5.41, 5.74) is 1.39. The quantitative estimate of drug-likeness (QED) is 0.246. The van der Waals surface area contributed by atoms with Crippen molar-refractivity contribution in [2.75, 3.05) is 32.8 Å². The van der Waals surface area contributed by atoms with E-state index in [1.807, 2.05) is 0 Å². The Kier molecular flexibility index (Phi) is 13.5. The van der Waals surface area contributed by atoms with Gasteiger partial charge in [-0.2, -0.15) is 0 Å². The Bertz CT molecular complexity index is 535. The molecule has 2 atom stereocenters. The molecule has 0 spiro atoms. The zero-order chi connectivity index (χ0) is 19.3. The summed E-state index contributed by atoms with van der Waals surface area (Å²) in [7, 11) is 0. The molecule has 0 amide bonds. The van der Waals surface area contributed by atoms with Crippen LogP contribution in [0.2, 0.25) is 0 Å². The lowest BCUT2D eigenvalue weighted by Crippen LogP contribution is -2.45. The van der Waals surface area contributed by atoms with E-state index in [4.69, 9.17) is 4.99 Å². The molecule has 160 valence electrons. The summed E-state index contributed by atoms with van der Waals surface area (Å²) >= 11 is 0. The molecule has 3 N–H and O–H groups in total. The Labute approximate surface area is 188 Å². The minimum absolute atomic E-state index is 0. The first-order valence-electron chi connectivity index (χ1n) is 10.7. The van der Waals surface area contributed by atoms with Crippen molar-refractivity contribution in [3.05, 3.63) is 35.9 Å². The van der Waals surface area contributed by atoms with E-state index in [9.17, 15) is 5.11 Å². The molecule has 0 aliphatic carbocycles. The fourth-order valence-corrected chi connectivity index (χ4v) is 3.85.